The summed E-state index contributed by atoms with van der Waals surface area (Å²) in [4.78, 5) is 15.0. The monoisotopic (exact) mass is 283 g/mol. The summed E-state index contributed by atoms with van der Waals surface area (Å²) in [6.45, 7) is 4.17. The van der Waals surface area contributed by atoms with Crippen molar-refractivity contribution in [3.05, 3.63) is 35.0 Å². The zero-order valence-corrected chi connectivity index (χ0v) is 11.9. The molecule has 2 aliphatic heterocycles. The lowest BCUT2D eigenvalue weighted by Gasteiger charge is -2.18. The number of carbonyl (C=O) groups excluding carboxylic acids is 1. The number of nitrogens with one attached hydrogen (secondary N) is 3. The predicted octanol–water partition coefficient (Wildman–Crippen LogP) is 1.97. The van der Waals surface area contributed by atoms with Gasteiger partial charge in [-0.25, -0.2) is 0 Å². The molecule has 2 aromatic rings. The van der Waals surface area contributed by atoms with Gasteiger partial charge in [0.2, 0.25) is 0 Å². The molecule has 0 saturated carbocycles. The number of H-pyrrole nitrogens is 1. The van der Waals surface area contributed by atoms with Crippen molar-refractivity contribution in [1.82, 2.24) is 10.3 Å². The molecule has 2 aliphatic rings. The molecule has 0 fully saturated rings. The van der Waals surface area contributed by atoms with Crippen LogP contribution in [0.15, 0.2) is 18.2 Å². The summed E-state index contributed by atoms with van der Waals surface area (Å²) in [6, 6.07) is 5.93. The number of fused-ring (bicyclic) bond motifs is 2. The predicted molar refractivity (Wildman–Crippen MR) is 80.5 cm³/mol. The van der Waals surface area contributed by atoms with E-state index in [2.05, 4.69) is 22.5 Å². The van der Waals surface area contributed by atoms with Crippen molar-refractivity contribution in [1.29, 1.82) is 0 Å². The maximum absolute atomic E-state index is 11.4. The first kappa shape index (κ1) is 12.5. The van der Waals surface area contributed by atoms with Gasteiger partial charge in [-0.1, -0.05) is 0 Å². The fourth-order valence-corrected chi connectivity index (χ4v) is 3.10. The number of ether oxygens (including phenoxy) is 1. The van der Waals surface area contributed by atoms with Gasteiger partial charge in [0.05, 0.1) is 5.69 Å². The van der Waals surface area contributed by atoms with Gasteiger partial charge in [0, 0.05) is 36.5 Å². The maximum atomic E-state index is 11.4. The first-order valence-electron chi connectivity index (χ1n) is 7.20. The highest BCUT2D eigenvalue weighted by Gasteiger charge is 2.20. The van der Waals surface area contributed by atoms with Crippen molar-refractivity contribution in [2.24, 2.45) is 0 Å². The van der Waals surface area contributed by atoms with E-state index >= 15 is 0 Å². The van der Waals surface area contributed by atoms with Crippen molar-refractivity contribution in [3.63, 3.8) is 0 Å². The smallest absolute Gasteiger partial charge is 0.262 e. The molecule has 3 heterocycles. The second kappa shape index (κ2) is 4.63. The minimum atomic E-state index is -0.105. The molecule has 1 amide bonds. The Labute approximate surface area is 122 Å². The number of hydrogen-bond donors (Lipinski definition) is 3. The maximum Gasteiger partial charge on any atom is 0.262 e. The van der Waals surface area contributed by atoms with E-state index in [0.29, 0.717) is 0 Å². The summed E-state index contributed by atoms with van der Waals surface area (Å²) < 4.78 is 5.41. The quantitative estimate of drug-likeness (QED) is 0.749. The lowest BCUT2D eigenvalue weighted by atomic mass is 10.0. The summed E-state index contributed by atoms with van der Waals surface area (Å²) in [5.41, 5.74) is 6.92. The third-order valence-electron chi connectivity index (χ3n) is 4.22. The number of aromatic amines is 1. The van der Waals surface area contributed by atoms with Crippen molar-refractivity contribution < 1.29 is 9.53 Å². The van der Waals surface area contributed by atoms with Crippen molar-refractivity contribution in [2.45, 2.75) is 19.9 Å². The molecule has 3 N–H and O–H groups in total. The van der Waals surface area contributed by atoms with Gasteiger partial charge in [-0.15, -0.1) is 0 Å². The van der Waals surface area contributed by atoms with Crippen LogP contribution in [0, 0.1) is 6.92 Å². The van der Waals surface area contributed by atoms with Gasteiger partial charge in [0.1, 0.15) is 5.75 Å². The number of benzene rings is 1. The van der Waals surface area contributed by atoms with E-state index in [4.69, 9.17) is 4.74 Å². The molecule has 0 atom stereocenters. The highest BCUT2D eigenvalue weighted by atomic mass is 16.5. The summed E-state index contributed by atoms with van der Waals surface area (Å²) in [6.07, 6.45) is 1.03. The Kier molecular flexibility index (Phi) is 2.75. The van der Waals surface area contributed by atoms with Crippen LogP contribution in [0.4, 0.5) is 5.69 Å². The normalized spacial score (nSPS) is 16.7. The van der Waals surface area contributed by atoms with E-state index in [-0.39, 0.29) is 12.5 Å². The van der Waals surface area contributed by atoms with Gasteiger partial charge in [-0.3, -0.25) is 4.79 Å². The van der Waals surface area contributed by atoms with Crippen LogP contribution in [-0.2, 0) is 17.8 Å². The summed E-state index contributed by atoms with van der Waals surface area (Å²) in [7, 11) is 0. The molecule has 0 aliphatic carbocycles. The minimum absolute atomic E-state index is 0.0911. The van der Waals surface area contributed by atoms with Crippen LogP contribution in [0.5, 0.6) is 5.75 Å². The molecule has 0 bridgehead atoms. The number of rotatable bonds is 1. The Balaban J connectivity index is 1.79. The fourth-order valence-electron chi connectivity index (χ4n) is 3.10. The zero-order chi connectivity index (χ0) is 14.4. The van der Waals surface area contributed by atoms with E-state index < -0.39 is 0 Å². The average molecular weight is 283 g/mol. The number of anilines is 1. The van der Waals surface area contributed by atoms with Gasteiger partial charge >= 0.3 is 0 Å². The molecule has 0 unspecified atom stereocenters. The average Bonchev–Trinajstić information content (AvgIpc) is 2.84. The van der Waals surface area contributed by atoms with E-state index in [9.17, 15) is 4.79 Å². The third kappa shape index (κ3) is 2.01. The minimum Gasteiger partial charge on any atom is -0.482 e. The first-order valence-corrected chi connectivity index (χ1v) is 7.20. The molecule has 1 aromatic heterocycles. The Morgan fingerprint density at radius 1 is 1.29 bits per heavy atom. The van der Waals surface area contributed by atoms with Crippen LogP contribution in [0.3, 0.4) is 0 Å². The molecule has 108 valence electrons. The van der Waals surface area contributed by atoms with Crippen LogP contribution in [0.25, 0.3) is 11.3 Å². The fraction of sp³-hybridized carbons (Fsp3) is 0.312. The van der Waals surface area contributed by atoms with Crippen molar-refractivity contribution >= 4 is 11.6 Å². The van der Waals surface area contributed by atoms with Gasteiger partial charge in [-0.2, -0.15) is 0 Å². The third-order valence-corrected chi connectivity index (χ3v) is 4.22. The zero-order valence-electron chi connectivity index (χ0n) is 11.9. The highest BCUT2D eigenvalue weighted by molar-refractivity contribution is 5.96. The van der Waals surface area contributed by atoms with Crippen LogP contribution in [0.1, 0.15) is 16.8 Å². The summed E-state index contributed by atoms with van der Waals surface area (Å²) >= 11 is 0. The van der Waals surface area contributed by atoms with Crippen LogP contribution < -0.4 is 15.4 Å². The van der Waals surface area contributed by atoms with E-state index in [1.165, 1.54) is 16.8 Å². The van der Waals surface area contributed by atoms with Crippen LogP contribution >= 0.6 is 0 Å². The molecule has 1 aromatic carbocycles. The number of amides is 1. The molecular formula is C16H17N3O2. The largest absolute Gasteiger partial charge is 0.482 e. The second-order valence-electron chi connectivity index (χ2n) is 5.56. The number of hydrogen-bond acceptors (Lipinski definition) is 3. The standard InChI is InChI=1S/C16H17N3O2/c1-9-11-7-17-5-4-12(11)19-16(9)10-2-3-14-13(6-10)18-15(20)8-21-14/h2-3,6,17,19H,4-5,7-8H2,1H3,(H,18,20). The van der Waals surface area contributed by atoms with E-state index in [1.807, 2.05) is 18.2 Å². The summed E-state index contributed by atoms with van der Waals surface area (Å²) in [5.74, 6) is 0.625. The van der Waals surface area contributed by atoms with Gasteiger partial charge in [0.25, 0.3) is 5.91 Å². The van der Waals surface area contributed by atoms with E-state index in [0.717, 1.165) is 42.2 Å². The molecule has 0 saturated heterocycles. The SMILES string of the molecule is Cc1c(-c2ccc3c(c2)NC(=O)CO3)[nH]c2c1CNCC2. The lowest BCUT2D eigenvalue weighted by molar-refractivity contribution is -0.118. The van der Waals surface area contributed by atoms with Gasteiger partial charge in [0.15, 0.2) is 6.61 Å². The molecule has 0 spiro atoms. The Hall–Kier alpha value is -2.27. The Bertz CT molecular complexity index is 733. The lowest BCUT2D eigenvalue weighted by Crippen LogP contribution is -2.25. The second-order valence-corrected chi connectivity index (χ2v) is 5.56. The molecule has 5 nitrogen and oxygen atoms in total. The van der Waals surface area contributed by atoms with E-state index in [1.54, 1.807) is 0 Å². The highest BCUT2D eigenvalue weighted by Crippen LogP contribution is 2.35. The van der Waals surface area contributed by atoms with Crippen molar-refractivity contribution in [2.75, 3.05) is 18.5 Å². The van der Waals surface area contributed by atoms with Crippen LogP contribution in [-0.4, -0.2) is 24.0 Å². The summed E-state index contributed by atoms with van der Waals surface area (Å²) in [5, 5.41) is 6.27. The topological polar surface area (TPSA) is 66.1 Å². The first-order chi connectivity index (χ1) is 10.2. The number of carbonyl (C=O) groups is 1. The number of aromatic nitrogens is 1. The molecular weight excluding hydrogens is 266 g/mol. The Morgan fingerprint density at radius 3 is 3.05 bits per heavy atom. The molecule has 5 heteroatoms. The van der Waals surface area contributed by atoms with Crippen LogP contribution in [0.2, 0.25) is 0 Å². The Morgan fingerprint density at radius 2 is 2.19 bits per heavy atom. The van der Waals surface area contributed by atoms with Gasteiger partial charge in [-0.05, 0) is 36.2 Å². The van der Waals surface area contributed by atoms with Crippen molar-refractivity contribution in [3.8, 4) is 17.0 Å². The van der Waals surface area contributed by atoms with Gasteiger partial charge < -0.3 is 20.4 Å². The molecule has 0 radical (unpaired) electrons. The molecule has 4 rings (SSSR count). The molecule has 21 heavy (non-hydrogen) atoms.